The summed E-state index contributed by atoms with van der Waals surface area (Å²) in [5.41, 5.74) is 4.49. The molecule has 0 amide bonds. The van der Waals surface area contributed by atoms with Crippen molar-refractivity contribution in [2.45, 2.75) is 57.3 Å². The highest BCUT2D eigenvalue weighted by Gasteiger charge is 2.23. The number of hydrogen-bond acceptors (Lipinski definition) is 0. The average Bonchev–Trinajstić information content (AvgIpc) is 2.63. The Morgan fingerprint density at radius 2 is 1.46 bits per heavy atom. The van der Waals surface area contributed by atoms with E-state index in [1.807, 2.05) is 13.0 Å². The largest absolute Gasteiger partial charge is 0.251 e. The zero-order valence-electron chi connectivity index (χ0n) is 14.4. The lowest BCUT2D eigenvalue weighted by molar-refractivity contribution is 0.395. The van der Waals surface area contributed by atoms with E-state index in [4.69, 9.17) is 0 Å². The zero-order chi connectivity index (χ0) is 16.9. The van der Waals surface area contributed by atoms with Crippen molar-refractivity contribution in [3.8, 4) is 0 Å². The van der Waals surface area contributed by atoms with Crippen LogP contribution >= 0.6 is 0 Å². The van der Waals surface area contributed by atoms with E-state index in [9.17, 15) is 8.78 Å². The fourth-order valence-corrected chi connectivity index (χ4v) is 3.85. The van der Waals surface area contributed by atoms with E-state index in [-0.39, 0.29) is 12.5 Å². The van der Waals surface area contributed by atoms with Crippen LogP contribution in [-0.4, -0.2) is 6.67 Å². The van der Waals surface area contributed by atoms with Crippen LogP contribution < -0.4 is 0 Å². The Labute approximate surface area is 143 Å². The molecule has 0 unspecified atom stereocenters. The van der Waals surface area contributed by atoms with Gasteiger partial charge in [0.1, 0.15) is 5.82 Å². The predicted molar refractivity (Wildman–Crippen MR) is 95.8 cm³/mol. The lowest BCUT2D eigenvalue weighted by atomic mass is 9.76. The number of rotatable bonds is 5. The van der Waals surface area contributed by atoms with Gasteiger partial charge in [0.05, 0.1) is 6.67 Å². The third kappa shape index (κ3) is 4.03. The van der Waals surface area contributed by atoms with Crippen LogP contribution in [0.5, 0.6) is 0 Å². The highest BCUT2D eigenvalue weighted by Crippen LogP contribution is 2.40. The first kappa shape index (κ1) is 17.1. The topological polar surface area (TPSA) is 0 Å². The van der Waals surface area contributed by atoms with Gasteiger partial charge in [-0.2, -0.15) is 0 Å². The monoisotopic (exact) mass is 328 g/mol. The van der Waals surface area contributed by atoms with E-state index < -0.39 is 0 Å². The molecule has 2 aromatic rings. The first-order valence-corrected chi connectivity index (χ1v) is 9.08. The first-order valence-electron chi connectivity index (χ1n) is 9.08. The van der Waals surface area contributed by atoms with E-state index in [0.717, 1.165) is 43.2 Å². The Morgan fingerprint density at radius 3 is 2.04 bits per heavy atom. The third-order valence-corrected chi connectivity index (χ3v) is 5.44. The highest BCUT2D eigenvalue weighted by atomic mass is 19.1. The number of aryl methyl sites for hydroxylation is 2. The van der Waals surface area contributed by atoms with Crippen LogP contribution in [0, 0.1) is 12.7 Å². The fourth-order valence-electron chi connectivity index (χ4n) is 3.85. The minimum absolute atomic E-state index is 0.0847. The average molecular weight is 328 g/mol. The van der Waals surface area contributed by atoms with E-state index >= 15 is 0 Å². The van der Waals surface area contributed by atoms with Crippen molar-refractivity contribution in [1.29, 1.82) is 0 Å². The van der Waals surface area contributed by atoms with Gasteiger partial charge >= 0.3 is 0 Å². The smallest absolute Gasteiger partial charge is 0.126 e. The summed E-state index contributed by atoms with van der Waals surface area (Å²) < 4.78 is 26.0. The fraction of sp³-hybridized carbons (Fsp3) is 0.455. The Balaban J connectivity index is 1.59. The Kier molecular flexibility index (Phi) is 5.65. The van der Waals surface area contributed by atoms with Gasteiger partial charge in [0.15, 0.2) is 0 Å². The van der Waals surface area contributed by atoms with Gasteiger partial charge in [0.2, 0.25) is 0 Å². The van der Waals surface area contributed by atoms with Crippen molar-refractivity contribution in [1.82, 2.24) is 0 Å². The maximum absolute atomic E-state index is 13.8. The van der Waals surface area contributed by atoms with Crippen molar-refractivity contribution in [2.24, 2.45) is 0 Å². The van der Waals surface area contributed by atoms with Gasteiger partial charge in [-0.15, -0.1) is 0 Å². The van der Waals surface area contributed by atoms with E-state index in [2.05, 4.69) is 30.3 Å². The summed E-state index contributed by atoms with van der Waals surface area (Å²) in [7, 11) is 0. The molecule has 0 N–H and O–H groups in total. The first-order chi connectivity index (χ1) is 11.7. The summed E-state index contributed by atoms with van der Waals surface area (Å²) in [6.07, 6.45) is 5.99. The minimum Gasteiger partial charge on any atom is -0.251 e. The van der Waals surface area contributed by atoms with Gasteiger partial charge in [-0.1, -0.05) is 36.4 Å². The number of halogens is 2. The molecule has 1 aliphatic carbocycles. The van der Waals surface area contributed by atoms with Crippen molar-refractivity contribution in [3.05, 3.63) is 70.5 Å². The van der Waals surface area contributed by atoms with E-state index in [0.29, 0.717) is 18.3 Å². The van der Waals surface area contributed by atoms with Gasteiger partial charge in [0, 0.05) is 0 Å². The molecule has 24 heavy (non-hydrogen) atoms. The Morgan fingerprint density at radius 1 is 0.875 bits per heavy atom. The number of benzene rings is 2. The van der Waals surface area contributed by atoms with Crippen LogP contribution in [0.3, 0.4) is 0 Å². The molecular weight excluding hydrogens is 302 g/mol. The van der Waals surface area contributed by atoms with E-state index in [1.165, 1.54) is 11.1 Å². The van der Waals surface area contributed by atoms with Crippen molar-refractivity contribution >= 4 is 0 Å². The van der Waals surface area contributed by atoms with Crippen LogP contribution in [0.4, 0.5) is 8.78 Å². The van der Waals surface area contributed by atoms with Crippen LogP contribution in [0.1, 0.15) is 66.2 Å². The van der Waals surface area contributed by atoms with E-state index in [1.54, 1.807) is 6.07 Å². The molecule has 128 valence electrons. The summed E-state index contributed by atoms with van der Waals surface area (Å²) in [5, 5.41) is 0. The van der Waals surface area contributed by atoms with Crippen LogP contribution in [0.15, 0.2) is 42.5 Å². The normalized spacial score (nSPS) is 21.0. The third-order valence-electron chi connectivity index (χ3n) is 5.44. The summed E-state index contributed by atoms with van der Waals surface area (Å²) in [6.45, 7) is 1.57. The molecule has 1 aliphatic rings. The molecule has 0 aliphatic heterocycles. The molecule has 0 radical (unpaired) electrons. The molecule has 0 aromatic heterocycles. The van der Waals surface area contributed by atoms with Crippen LogP contribution in [0.2, 0.25) is 0 Å². The van der Waals surface area contributed by atoms with Crippen molar-refractivity contribution < 1.29 is 8.78 Å². The lowest BCUT2D eigenvalue weighted by Gasteiger charge is -2.29. The zero-order valence-corrected chi connectivity index (χ0v) is 14.4. The molecule has 0 nitrogen and oxygen atoms in total. The second-order valence-corrected chi connectivity index (χ2v) is 7.09. The summed E-state index contributed by atoms with van der Waals surface area (Å²) in [6, 6.07) is 14.4. The summed E-state index contributed by atoms with van der Waals surface area (Å²) in [5.74, 6) is 1.01. The summed E-state index contributed by atoms with van der Waals surface area (Å²) in [4.78, 5) is 0. The second-order valence-electron chi connectivity index (χ2n) is 7.09. The molecule has 2 aromatic carbocycles. The number of alkyl halides is 1. The molecular formula is C22H26F2. The Bertz CT molecular complexity index is 652. The predicted octanol–water partition coefficient (Wildman–Crippen LogP) is 6.48. The molecule has 0 bridgehead atoms. The summed E-state index contributed by atoms with van der Waals surface area (Å²) >= 11 is 0. The minimum atomic E-state index is -0.245. The lowest BCUT2D eigenvalue weighted by Crippen LogP contribution is -2.12. The van der Waals surface area contributed by atoms with Gasteiger partial charge in [0.25, 0.3) is 0 Å². The molecule has 2 heteroatoms. The van der Waals surface area contributed by atoms with Gasteiger partial charge in [-0.05, 0) is 85.6 Å². The van der Waals surface area contributed by atoms with Crippen LogP contribution in [-0.2, 0) is 6.42 Å². The SMILES string of the molecule is Cc1ccc(C2CCC(c3ccc(CCCF)cc3)CC2)cc1F. The maximum atomic E-state index is 13.8. The second kappa shape index (κ2) is 7.92. The Hall–Kier alpha value is -1.70. The van der Waals surface area contributed by atoms with Crippen LogP contribution in [0.25, 0.3) is 0 Å². The van der Waals surface area contributed by atoms with Gasteiger partial charge < -0.3 is 0 Å². The molecule has 0 heterocycles. The quantitative estimate of drug-likeness (QED) is 0.589. The van der Waals surface area contributed by atoms with Crippen molar-refractivity contribution in [3.63, 3.8) is 0 Å². The molecule has 0 atom stereocenters. The number of hydrogen-bond donors (Lipinski definition) is 0. The molecule has 1 saturated carbocycles. The molecule has 3 rings (SSSR count). The van der Waals surface area contributed by atoms with Crippen molar-refractivity contribution in [2.75, 3.05) is 6.67 Å². The molecule has 0 saturated heterocycles. The molecule has 0 spiro atoms. The highest BCUT2D eigenvalue weighted by molar-refractivity contribution is 5.29. The molecule has 1 fully saturated rings. The van der Waals surface area contributed by atoms with Gasteiger partial charge in [-0.3, -0.25) is 4.39 Å². The standard InChI is InChI=1S/C22H26F2/c1-16-4-7-21(15-22(16)24)20-12-10-19(11-13-20)18-8-5-17(6-9-18)3-2-14-23/h4-9,15,19-20H,2-3,10-14H2,1H3. The van der Waals surface area contributed by atoms with Gasteiger partial charge in [-0.25, -0.2) is 4.39 Å². The maximum Gasteiger partial charge on any atom is 0.126 e.